The Morgan fingerprint density at radius 1 is 1.47 bits per heavy atom. The molecule has 1 aromatic heterocycles. The number of H-pyrrole nitrogens is 1. The molecule has 4 atom stereocenters. The summed E-state index contributed by atoms with van der Waals surface area (Å²) in [6.07, 6.45) is 3.42. The minimum atomic E-state index is -0.183. The van der Waals surface area contributed by atoms with Crippen LogP contribution in [-0.2, 0) is 0 Å². The van der Waals surface area contributed by atoms with E-state index in [2.05, 4.69) is 10.3 Å². The Labute approximate surface area is 111 Å². The van der Waals surface area contributed by atoms with Crippen LogP contribution in [-0.4, -0.2) is 28.6 Å². The summed E-state index contributed by atoms with van der Waals surface area (Å²) >= 11 is 0. The number of amides is 1. The van der Waals surface area contributed by atoms with Crippen molar-refractivity contribution in [3.63, 3.8) is 0 Å². The molecule has 5 heteroatoms. The maximum Gasteiger partial charge on any atom is 0.267 e. The third kappa shape index (κ3) is 2.02. The Morgan fingerprint density at radius 3 is 2.95 bits per heavy atom. The van der Waals surface area contributed by atoms with Crippen LogP contribution in [0.5, 0.6) is 0 Å². The van der Waals surface area contributed by atoms with Gasteiger partial charge in [-0.15, -0.1) is 0 Å². The van der Waals surface area contributed by atoms with Crippen molar-refractivity contribution in [1.82, 2.24) is 10.3 Å². The van der Waals surface area contributed by atoms with E-state index in [-0.39, 0.29) is 24.5 Å². The lowest BCUT2D eigenvalue weighted by Crippen LogP contribution is -2.45. The summed E-state index contributed by atoms with van der Waals surface area (Å²) < 4.78 is 0. The smallest absolute Gasteiger partial charge is 0.267 e. The maximum atomic E-state index is 12.1. The zero-order valence-electron chi connectivity index (χ0n) is 10.6. The van der Waals surface area contributed by atoms with Crippen molar-refractivity contribution in [2.24, 2.45) is 17.8 Å². The molecule has 2 fully saturated rings. The van der Waals surface area contributed by atoms with Gasteiger partial charge in [-0.3, -0.25) is 4.79 Å². The number of aliphatic hydroxyl groups is 1. The van der Waals surface area contributed by atoms with Crippen LogP contribution >= 0.6 is 0 Å². The van der Waals surface area contributed by atoms with Gasteiger partial charge in [0.05, 0.1) is 0 Å². The zero-order valence-corrected chi connectivity index (χ0v) is 10.6. The molecular formula is C14H17N3O2. The first-order chi connectivity index (χ1) is 9.22. The van der Waals surface area contributed by atoms with E-state index < -0.39 is 0 Å². The van der Waals surface area contributed by atoms with Crippen LogP contribution in [0.4, 0.5) is 0 Å². The highest BCUT2D eigenvalue weighted by atomic mass is 16.3. The molecule has 0 radical (unpaired) electrons. The highest BCUT2D eigenvalue weighted by Gasteiger charge is 2.47. The average molecular weight is 259 g/mol. The van der Waals surface area contributed by atoms with Gasteiger partial charge in [0.1, 0.15) is 17.5 Å². The number of nitrogens with one attached hydrogen (secondary N) is 2. The molecule has 2 aliphatic carbocycles. The molecule has 4 unspecified atom stereocenters. The number of carbonyl (C=O) groups is 1. The second kappa shape index (κ2) is 4.71. The van der Waals surface area contributed by atoms with Crippen molar-refractivity contribution < 1.29 is 9.90 Å². The molecule has 3 rings (SSSR count). The van der Waals surface area contributed by atoms with Crippen LogP contribution in [0.15, 0.2) is 12.1 Å². The van der Waals surface area contributed by atoms with Crippen molar-refractivity contribution in [2.45, 2.75) is 25.3 Å². The van der Waals surface area contributed by atoms with Gasteiger partial charge in [0, 0.05) is 18.6 Å². The average Bonchev–Trinajstić information content (AvgIpc) is 3.13. The molecule has 2 aliphatic rings. The van der Waals surface area contributed by atoms with Gasteiger partial charge in [-0.2, -0.15) is 5.26 Å². The fraction of sp³-hybridized carbons (Fsp3) is 0.571. The molecule has 5 nitrogen and oxygen atoms in total. The second-order valence-corrected chi connectivity index (χ2v) is 5.58. The van der Waals surface area contributed by atoms with Gasteiger partial charge in [0.2, 0.25) is 0 Å². The second-order valence-electron chi connectivity index (χ2n) is 5.58. The summed E-state index contributed by atoms with van der Waals surface area (Å²) in [6, 6.07) is 5.26. The normalized spacial score (nSPS) is 32.2. The summed E-state index contributed by atoms with van der Waals surface area (Å²) in [5.74, 6) is 1.06. The van der Waals surface area contributed by atoms with E-state index >= 15 is 0 Å². The highest BCUT2D eigenvalue weighted by molar-refractivity contribution is 5.92. The van der Waals surface area contributed by atoms with Gasteiger partial charge < -0.3 is 15.4 Å². The molecule has 0 aliphatic heterocycles. The topological polar surface area (TPSA) is 88.9 Å². The van der Waals surface area contributed by atoms with Crippen molar-refractivity contribution in [1.29, 1.82) is 5.26 Å². The SMILES string of the molecule is N#Cc1ccc(C(=O)NC2C3CCC(C3)C2CO)[nH]1. The van der Waals surface area contributed by atoms with E-state index in [4.69, 9.17) is 5.26 Å². The lowest BCUT2D eigenvalue weighted by atomic mass is 9.85. The summed E-state index contributed by atoms with van der Waals surface area (Å²) in [5, 5.41) is 21.2. The van der Waals surface area contributed by atoms with Crippen LogP contribution in [0.1, 0.15) is 35.4 Å². The molecule has 0 spiro atoms. The minimum absolute atomic E-state index is 0.0742. The highest BCUT2D eigenvalue weighted by Crippen LogP contribution is 2.48. The number of aliphatic hydroxyl groups excluding tert-OH is 1. The minimum Gasteiger partial charge on any atom is -0.396 e. The number of rotatable bonds is 3. The molecule has 1 amide bonds. The lowest BCUT2D eigenvalue weighted by molar-refractivity contribution is 0.0857. The van der Waals surface area contributed by atoms with E-state index in [1.54, 1.807) is 12.1 Å². The molecule has 1 heterocycles. The van der Waals surface area contributed by atoms with Gasteiger partial charge in [0.15, 0.2) is 0 Å². The summed E-state index contributed by atoms with van der Waals surface area (Å²) in [6.45, 7) is 0.139. The number of nitriles is 1. The van der Waals surface area contributed by atoms with Crippen LogP contribution in [0.2, 0.25) is 0 Å². The number of hydrogen-bond acceptors (Lipinski definition) is 3. The fourth-order valence-electron chi connectivity index (χ4n) is 3.72. The molecule has 0 aromatic carbocycles. The third-order valence-electron chi connectivity index (χ3n) is 4.65. The first kappa shape index (κ1) is 12.2. The van der Waals surface area contributed by atoms with E-state index in [0.717, 1.165) is 12.8 Å². The molecule has 2 saturated carbocycles. The monoisotopic (exact) mass is 259 g/mol. The van der Waals surface area contributed by atoms with Crippen LogP contribution < -0.4 is 5.32 Å². The molecule has 2 bridgehead atoms. The Morgan fingerprint density at radius 2 is 2.26 bits per heavy atom. The fourth-order valence-corrected chi connectivity index (χ4v) is 3.72. The van der Waals surface area contributed by atoms with Crippen LogP contribution in [0.25, 0.3) is 0 Å². The number of fused-ring (bicyclic) bond motifs is 2. The number of aromatic nitrogens is 1. The number of aromatic amines is 1. The van der Waals surface area contributed by atoms with E-state index in [0.29, 0.717) is 23.2 Å². The maximum absolute atomic E-state index is 12.1. The van der Waals surface area contributed by atoms with Gasteiger partial charge in [-0.25, -0.2) is 0 Å². The predicted octanol–water partition coefficient (Wildman–Crippen LogP) is 1.02. The molecule has 3 N–H and O–H groups in total. The number of carbonyl (C=O) groups excluding carboxylic acids is 1. The van der Waals surface area contributed by atoms with Crippen molar-refractivity contribution in [3.8, 4) is 6.07 Å². The van der Waals surface area contributed by atoms with Gasteiger partial charge in [-0.05, 0) is 43.2 Å². The molecule has 19 heavy (non-hydrogen) atoms. The Kier molecular flexibility index (Phi) is 3.03. The molecule has 100 valence electrons. The number of hydrogen-bond donors (Lipinski definition) is 3. The molecular weight excluding hydrogens is 242 g/mol. The van der Waals surface area contributed by atoms with Crippen LogP contribution in [0.3, 0.4) is 0 Å². The number of nitrogens with zero attached hydrogens (tertiary/aromatic N) is 1. The zero-order chi connectivity index (χ0) is 13.4. The third-order valence-corrected chi connectivity index (χ3v) is 4.65. The summed E-state index contributed by atoms with van der Waals surface area (Å²) in [5.41, 5.74) is 0.799. The lowest BCUT2D eigenvalue weighted by Gasteiger charge is -2.30. The molecule has 0 saturated heterocycles. The van der Waals surface area contributed by atoms with E-state index in [9.17, 15) is 9.90 Å². The Balaban J connectivity index is 1.71. The quantitative estimate of drug-likeness (QED) is 0.757. The van der Waals surface area contributed by atoms with Gasteiger partial charge >= 0.3 is 0 Å². The summed E-state index contributed by atoms with van der Waals surface area (Å²) in [4.78, 5) is 14.9. The molecule has 1 aromatic rings. The Hall–Kier alpha value is -1.80. The van der Waals surface area contributed by atoms with Crippen molar-refractivity contribution >= 4 is 5.91 Å². The van der Waals surface area contributed by atoms with Gasteiger partial charge in [0.25, 0.3) is 5.91 Å². The van der Waals surface area contributed by atoms with E-state index in [1.165, 1.54) is 6.42 Å². The van der Waals surface area contributed by atoms with Crippen molar-refractivity contribution in [2.75, 3.05) is 6.61 Å². The summed E-state index contributed by atoms with van der Waals surface area (Å²) in [7, 11) is 0. The van der Waals surface area contributed by atoms with E-state index in [1.807, 2.05) is 6.07 Å². The standard InChI is InChI=1S/C14H17N3O2/c15-6-10-3-4-12(16-10)14(19)17-13-9-2-1-8(5-9)11(13)7-18/h3-4,8-9,11,13,16,18H,1-2,5,7H2,(H,17,19). The van der Waals surface area contributed by atoms with Crippen LogP contribution in [0, 0.1) is 29.1 Å². The Bertz CT molecular complexity index is 531. The predicted molar refractivity (Wildman–Crippen MR) is 68.2 cm³/mol. The first-order valence-electron chi connectivity index (χ1n) is 6.73. The van der Waals surface area contributed by atoms with Crippen molar-refractivity contribution in [3.05, 3.63) is 23.5 Å². The first-order valence-corrected chi connectivity index (χ1v) is 6.73. The van der Waals surface area contributed by atoms with Gasteiger partial charge in [-0.1, -0.05) is 0 Å². The largest absolute Gasteiger partial charge is 0.396 e.